The first-order valence-corrected chi connectivity index (χ1v) is 7.67. The second-order valence-corrected chi connectivity index (χ2v) is 7.49. The summed E-state index contributed by atoms with van der Waals surface area (Å²) in [6, 6.07) is 0. The van der Waals surface area contributed by atoms with Gasteiger partial charge >= 0.3 is 6.09 Å². The fraction of sp³-hybridized carbons (Fsp3) is 0.933. The number of hydrogen-bond donors (Lipinski definition) is 1. The SMILES string of the molecule is CC(C)(C)OC(=O)N1CC2CNCC3CCOCC32C1. The van der Waals surface area contributed by atoms with Gasteiger partial charge in [0.25, 0.3) is 0 Å². The fourth-order valence-corrected chi connectivity index (χ4v) is 3.99. The molecule has 3 atom stereocenters. The Hall–Kier alpha value is -0.810. The standard InChI is InChI=1S/C15H26N2O3/c1-14(2,3)20-13(18)17-8-12-7-16-6-11-4-5-19-10-15(11,12)9-17/h11-12,16H,4-10H2,1-3H3. The Bertz CT molecular complexity index is 391. The van der Waals surface area contributed by atoms with Crippen molar-refractivity contribution in [2.75, 3.05) is 39.4 Å². The third-order valence-electron chi connectivity index (χ3n) is 4.97. The quantitative estimate of drug-likeness (QED) is 0.731. The molecule has 0 saturated carbocycles. The molecule has 3 heterocycles. The first kappa shape index (κ1) is 14.1. The van der Waals surface area contributed by atoms with Crippen LogP contribution in [-0.2, 0) is 9.47 Å². The van der Waals surface area contributed by atoms with Gasteiger partial charge in [0.1, 0.15) is 5.60 Å². The van der Waals surface area contributed by atoms with Gasteiger partial charge in [0.2, 0.25) is 0 Å². The summed E-state index contributed by atoms with van der Waals surface area (Å²) in [5.74, 6) is 1.12. The number of carbonyl (C=O) groups is 1. The number of ether oxygens (including phenoxy) is 2. The van der Waals surface area contributed by atoms with Crippen LogP contribution < -0.4 is 5.32 Å². The smallest absolute Gasteiger partial charge is 0.410 e. The molecule has 20 heavy (non-hydrogen) atoms. The highest BCUT2D eigenvalue weighted by Gasteiger charge is 2.55. The van der Waals surface area contributed by atoms with E-state index in [1.807, 2.05) is 25.7 Å². The van der Waals surface area contributed by atoms with Crippen molar-refractivity contribution in [2.24, 2.45) is 17.3 Å². The first-order valence-electron chi connectivity index (χ1n) is 7.67. The molecule has 5 heteroatoms. The van der Waals surface area contributed by atoms with E-state index in [1.165, 1.54) is 0 Å². The average Bonchev–Trinajstić information content (AvgIpc) is 2.74. The summed E-state index contributed by atoms with van der Waals surface area (Å²) in [7, 11) is 0. The molecule has 3 aliphatic heterocycles. The van der Waals surface area contributed by atoms with E-state index in [9.17, 15) is 4.79 Å². The molecular weight excluding hydrogens is 256 g/mol. The van der Waals surface area contributed by atoms with Gasteiger partial charge in [0.15, 0.2) is 0 Å². The monoisotopic (exact) mass is 282 g/mol. The molecule has 3 unspecified atom stereocenters. The Morgan fingerprint density at radius 2 is 2.10 bits per heavy atom. The zero-order valence-electron chi connectivity index (χ0n) is 12.8. The Balaban J connectivity index is 1.74. The van der Waals surface area contributed by atoms with Crippen molar-refractivity contribution in [3.05, 3.63) is 0 Å². The van der Waals surface area contributed by atoms with Gasteiger partial charge in [-0.05, 0) is 45.6 Å². The van der Waals surface area contributed by atoms with Crippen LogP contribution in [0.25, 0.3) is 0 Å². The van der Waals surface area contributed by atoms with Crippen LogP contribution in [0.1, 0.15) is 27.2 Å². The van der Waals surface area contributed by atoms with Gasteiger partial charge in [0.05, 0.1) is 6.61 Å². The van der Waals surface area contributed by atoms with Crippen molar-refractivity contribution in [1.29, 1.82) is 0 Å². The van der Waals surface area contributed by atoms with E-state index in [0.29, 0.717) is 11.8 Å². The number of carbonyl (C=O) groups excluding carboxylic acids is 1. The molecule has 5 nitrogen and oxygen atoms in total. The normalized spacial score (nSPS) is 37.2. The second kappa shape index (κ2) is 4.88. The lowest BCUT2D eigenvalue weighted by molar-refractivity contribution is -0.0798. The van der Waals surface area contributed by atoms with Crippen molar-refractivity contribution < 1.29 is 14.3 Å². The number of likely N-dealkylation sites (tertiary alicyclic amines) is 1. The van der Waals surface area contributed by atoms with Crippen LogP contribution in [0.2, 0.25) is 0 Å². The van der Waals surface area contributed by atoms with Gasteiger partial charge in [-0.2, -0.15) is 0 Å². The van der Waals surface area contributed by atoms with Crippen molar-refractivity contribution in [2.45, 2.75) is 32.8 Å². The molecule has 0 aromatic carbocycles. The summed E-state index contributed by atoms with van der Waals surface area (Å²) in [4.78, 5) is 14.2. The predicted octanol–water partition coefficient (Wildman–Crippen LogP) is 1.48. The Morgan fingerprint density at radius 3 is 2.85 bits per heavy atom. The van der Waals surface area contributed by atoms with Crippen LogP contribution in [0.15, 0.2) is 0 Å². The number of hydrogen-bond acceptors (Lipinski definition) is 4. The highest BCUT2D eigenvalue weighted by Crippen LogP contribution is 2.48. The lowest BCUT2D eigenvalue weighted by atomic mass is 9.64. The molecule has 3 fully saturated rings. The average molecular weight is 282 g/mol. The summed E-state index contributed by atoms with van der Waals surface area (Å²) in [6.07, 6.45) is 0.927. The maximum atomic E-state index is 12.3. The van der Waals surface area contributed by atoms with Crippen molar-refractivity contribution in [1.82, 2.24) is 10.2 Å². The highest BCUT2D eigenvalue weighted by molar-refractivity contribution is 5.68. The summed E-state index contributed by atoms with van der Waals surface area (Å²) >= 11 is 0. The van der Waals surface area contributed by atoms with E-state index in [-0.39, 0.29) is 11.5 Å². The number of rotatable bonds is 0. The van der Waals surface area contributed by atoms with E-state index in [1.54, 1.807) is 0 Å². The lowest BCUT2D eigenvalue weighted by Gasteiger charge is -2.48. The highest BCUT2D eigenvalue weighted by atomic mass is 16.6. The summed E-state index contributed by atoms with van der Waals surface area (Å²) < 4.78 is 11.3. The van der Waals surface area contributed by atoms with E-state index >= 15 is 0 Å². The van der Waals surface area contributed by atoms with Gasteiger partial charge in [-0.25, -0.2) is 4.79 Å². The molecule has 0 aliphatic carbocycles. The fourth-order valence-electron chi connectivity index (χ4n) is 3.99. The minimum absolute atomic E-state index is 0.153. The van der Waals surface area contributed by atoms with Gasteiger partial charge < -0.3 is 19.7 Å². The van der Waals surface area contributed by atoms with Crippen molar-refractivity contribution in [3.8, 4) is 0 Å². The van der Waals surface area contributed by atoms with Crippen LogP contribution in [0, 0.1) is 17.3 Å². The van der Waals surface area contributed by atoms with Gasteiger partial charge in [-0.1, -0.05) is 0 Å². The number of nitrogens with zero attached hydrogens (tertiary/aromatic N) is 1. The van der Waals surface area contributed by atoms with Gasteiger partial charge in [0, 0.05) is 31.7 Å². The molecule has 1 N–H and O–H groups in total. The molecule has 0 aromatic heterocycles. The molecule has 1 amide bonds. The molecule has 0 radical (unpaired) electrons. The minimum Gasteiger partial charge on any atom is -0.444 e. The van der Waals surface area contributed by atoms with Gasteiger partial charge in [-0.3, -0.25) is 0 Å². The number of piperidine rings is 1. The molecule has 3 rings (SSSR count). The van der Waals surface area contributed by atoms with Crippen LogP contribution in [0.5, 0.6) is 0 Å². The molecule has 1 spiro atoms. The summed E-state index contributed by atoms with van der Waals surface area (Å²) in [5.41, 5.74) is -0.274. The maximum absolute atomic E-state index is 12.3. The Labute approximate surface area is 121 Å². The van der Waals surface area contributed by atoms with Crippen molar-refractivity contribution >= 4 is 6.09 Å². The number of nitrogens with one attached hydrogen (secondary N) is 1. The Kier molecular flexibility index (Phi) is 3.45. The molecule has 3 saturated heterocycles. The minimum atomic E-state index is -0.427. The molecule has 0 aromatic rings. The molecule has 0 bridgehead atoms. The lowest BCUT2D eigenvalue weighted by Crippen LogP contribution is -2.56. The van der Waals surface area contributed by atoms with Crippen LogP contribution in [0.3, 0.4) is 0 Å². The van der Waals surface area contributed by atoms with Crippen LogP contribution >= 0.6 is 0 Å². The van der Waals surface area contributed by atoms with Crippen molar-refractivity contribution in [3.63, 3.8) is 0 Å². The predicted molar refractivity (Wildman–Crippen MR) is 75.5 cm³/mol. The topological polar surface area (TPSA) is 50.8 Å². The largest absolute Gasteiger partial charge is 0.444 e. The zero-order chi connectivity index (χ0) is 14.4. The second-order valence-electron chi connectivity index (χ2n) is 7.49. The zero-order valence-corrected chi connectivity index (χ0v) is 12.8. The van der Waals surface area contributed by atoms with E-state index < -0.39 is 5.60 Å². The molecule has 114 valence electrons. The number of amides is 1. The molecular formula is C15H26N2O3. The van der Waals surface area contributed by atoms with E-state index in [4.69, 9.17) is 9.47 Å². The molecule has 3 aliphatic rings. The maximum Gasteiger partial charge on any atom is 0.410 e. The summed E-state index contributed by atoms with van der Waals surface area (Å²) in [6.45, 7) is 11.0. The third kappa shape index (κ3) is 2.42. The van der Waals surface area contributed by atoms with E-state index in [2.05, 4.69) is 5.32 Å². The summed E-state index contributed by atoms with van der Waals surface area (Å²) in [5, 5.41) is 3.52. The first-order chi connectivity index (χ1) is 9.41. The Morgan fingerprint density at radius 1 is 1.35 bits per heavy atom. The van der Waals surface area contributed by atoms with Crippen LogP contribution in [-0.4, -0.2) is 56.0 Å². The van der Waals surface area contributed by atoms with Crippen LogP contribution in [0.4, 0.5) is 4.79 Å². The van der Waals surface area contributed by atoms with E-state index in [0.717, 1.165) is 45.8 Å². The van der Waals surface area contributed by atoms with Gasteiger partial charge in [-0.15, -0.1) is 0 Å². The third-order valence-corrected chi connectivity index (χ3v) is 4.97.